The standard InChI is InChI=1S/C17H18N4/c1-2-21(17-14(12-18)10-11-19-20-17)16-9-5-7-13-6-3-4-8-15(13)16/h3-11H,2,12,18H2,1H3. The first-order valence-electron chi connectivity index (χ1n) is 7.11. The van der Waals surface area contributed by atoms with Gasteiger partial charge in [-0.25, -0.2) is 0 Å². The van der Waals surface area contributed by atoms with Crippen LogP contribution in [0.4, 0.5) is 11.5 Å². The van der Waals surface area contributed by atoms with Crippen LogP contribution in [0.15, 0.2) is 54.7 Å². The molecule has 1 aromatic heterocycles. The van der Waals surface area contributed by atoms with Crippen molar-refractivity contribution in [2.75, 3.05) is 11.4 Å². The molecule has 4 nitrogen and oxygen atoms in total. The first-order chi connectivity index (χ1) is 10.3. The average molecular weight is 278 g/mol. The molecule has 0 radical (unpaired) electrons. The Labute approximate surface area is 124 Å². The predicted octanol–water partition coefficient (Wildman–Crippen LogP) is 3.25. The van der Waals surface area contributed by atoms with Gasteiger partial charge >= 0.3 is 0 Å². The van der Waals surface area contributed by atoms with Crippen molar-refractivity contribution in [3.05, 3.63) is 60.3 Å². The summed E-state index contributed by atoms with van der Waals surface area (Å²) in [5.74, 6) is 0.832. The molecule has 1 heterocycles. The lowest BCUT2D eigenvalue weighted by molar-refractivity contribution is 0.898. The van der Waals surface area contributed by atoms with Crippen molar-refractivity contribution in [2.24, 2.45) is 5.73 Å². The van der Waals surface area contributed by atoms with Crippen LogP contribution in [-0.4, -0.2) is 16.7 Å². The summed E-state index contributed by atoms with van der Waals surface area (Å²) in [6.45, 7) is 3.36. The summed E-state index contributed by atoms with van der Waals surface area (Å²) in [6, 6.07) is 16.6. The summed E-state index contributed by atoms with van der Waals surface area (Å²) in [7, 11) is 0. The molecule has 0 aliphatic heterocycles. The number of hydrogen-bond acceptors (Lipinski definition) is 4. The van der Waals surface area contributed by atoms with Crippen LogP contribution in [0, 0.1) is 0 Å². The van der Waals surface area contributed by atoms with Gasteiger partial charge in [0.1, 0.15) is 0 Å². The minimum atomic E-state index is 0.451. The SMILES string of the molecule is CCN(c1nnccc1CN)c1cccc2ccccc12. The summed E-state index contributed by atoms with van der Waals surface area (Å²) in [6.07, 6.45) is 1.68. The van der Waals surface area contributed by atoms with Crippen LogP contribution in [0.5, 0.6) is 0 Å². The molecule has 0 unspecified atom stereocenters. The monoisotopic (exact) mass is 278 g/mol. The molecule has 0 saturated carbocycles. The zero-order valence-corrected chi connectivity index (χ0v) is 12.0. The van der Waals surface area contributed by atoms with Crippen LogP contribution in [0.3, 0.4) is 0 Å². The van der Waals surface area contributed by atoms with E-state index in [1.54, 1.807) is 6.20 Å². The van der Waals surface area contributed by atoms with E-state index in [2.05, 4.69) is 64.5 Å². The summed E-state index contributed by atoms with van der Waals surface area (Å²) in [4.78, 5) is 2.16. The summed E-state index contributed by atoms with van der Waals surface area (Å²) in [5.41, 5.74) is 7.97. The molecule has 3 aromatic rings. The fourth-order valence-electron chi connectivity index (χ4n) is 2.61. The Kier molecular flexibility index (Phi) is 3.79. The summed E-state index contributed by atoms with van der Waals surface area (Å²) in [5, 5.41) is 10.7. The van der Waals surface area contributed by atoms with Crippen molar-refractivity contribution in [3.63, 3.8) is 0 Å². The quantitative estimate of drug-likeness (QED) is 0.796. The highest BCUT2D eigenvalue weighted by atomic mass is 15.3. The Morgan fingerprint density at radius 2 is 1.86 bits per heavy atom. The van der Waals surface area contributed by atoms with E-state index in [0.29, 0.717) is 6.54 Å². The van der Waals surface area contributed by atoms with E-state index < -0.39 is 0 Å². The average Bonchev–Trinajstić information content (AvgIpc) is 2.56. The predicted molar refractivity (Wildman–Crippen MR) is 86.6 cm³/mol. The van der Waals surface area contributed by atoms with Gasteiger partial charge < -0.3 is 10.6 Å². The highest BCUT2D eigenvalue weighted by Gasteiger charge is 2.15. The molecule has 0 bridgehead atoms. The Morgan fingerprint density at radius 3 is 2.67 bits per heavy atom. The van der Waals surface area contributed by atoms with E-state index >= 15 is 0 Å². The molecule has 0 aliphatic rings. The van der Waals surface area contributed by atoms with Gasteiger partial charge in [0.2, 0.25) is 0 Å². The molecule has 4 heteroatoms. The molecule has 0 spiro atoms. The maximum absolute atomic E-state index is 5.84. The van der Waals surface area contributed by atoms with E-state index in [1.807, 2.05) is 6.07 Å². The van der Waals surface area contributed by atoms with Crippen LogP contribution < -0.4 is 10.6 Å². The van der Waals surface area contributed by atoms with E-state index in [1.165, 1.54) is 10.8 Å². The lowest BCUT2D eigenvalue weighted by Crippen LogP contribution is -2.20. The lowest BCUT2D eigenvalue weighted by atomic mass is 10.1. The zero-order chi connectivity index (χ0) is 14.7. The maximum atomic E-state index is 5.84. The second kappa shape index (κ2) is 5.89. The Balaban J connectivity index is 2.19. The fraction of sp³-hybridized carbons (Fsp3) is 0.176. The summed E-state index contributed by atoms with van der Waals surface area (Å²) < 4.78 is 0. The molecule has 0 fully saturated rings. The van der Waals surface area contributed by atoms with Crippen molar-refractivity contribution in [2.45, 2.75) is 13.5 Å². The van der Waals surface area contributed by atoms with Crippen molar-refractivity contribution in [3.8, 4) is 0 Å². The number of hydrogen-bond donors (Lipinski definition) is 1. The van der Waals surface area contributed by atoms with Crippen LogP contribution in [-0.2, 0) is 6.54 Å². The van der Waals surface area contributed by atoms with Crippen LogP contribution in [0.1, 0.15) is 12.5 Å². The second-order valence-electron chi connectivity index (χ2n) is 4.83. The molecule has 3 rings (SSSR count). The Morgan fingerprint density at radius 1 is 1.05 bits per heavy atom. The molecule has 0 aliphatic carbocycles. The van der Waals surface area contributed by atoms with E-state index in [4.69, 9.17) is 5.73 Å². The van der Waals surface area contributed by atoms with Gasteiger partial charge in [-0.15, -0.1) is 5.10 Å². The van der Waals surface area contributed by atoms with Crippen molar-refractivity contribution < 1.29 is 0 Å². The van der Waals surface area contributed by atoms with Gasteiger partial charge in [0.25, 0.3) is 0 Å². The van der Waals surface area contributed by atoms with Crippen molar-refractivity contribution >= 4 is 22.3 Å². The van der Waals surface area contributed by atoms with Gasteiger partial charge in [-0.1, -0.05) is 36.4 Å². The third-order valence-corrected chi connectivity index (χ3v) is 3.63. The van der Waals surface area contributed by atoms with Gasteiger partial charge in [-0.05, 0) is 24.4 Å². The smallest absolute Gasteiger partial charge is 0.160 e. The minimum Gasteiger partial charge on any atom is -0.326 e. The number of nitrogens with two attached hydrogens (primary N) is 1. The molecule has 21 heavy (non-hydrogen) atoms. The third-order valence-electron chi connectivity index (χ3n) is 3.63. The zero-order valence-electron chi connectivity index (χ0n) is 12.0. The van der Waals surface area contributed by atoms with Gasteiger partial charge in [-0.3, -0.25) is 0 Å². The Hall–Kier alpha value is -2.46. The van der Waals surface area contributed by atoms with Gasteiger partial charge in [-0.2, -0.15) is 5.10 Å². The molecule has 0 atom stereocenters. The first-order valence-corrected chi connectivity index (χ1v) is 7.11. The number of aromatic nitrogens is 2. The highest BCUT2D eigenvalue weighted by Crippen LogP contribution is 2.32. The van der Waals surface area contributed by atoms with Crippen LogP contribution in [0.25, 0.3) is 10.8 Å². The number of benzene rings is 2. The minimum absolute atomic E-state index is 0.451. The number of rotatable bonds is 4. The third kappa shape index (κ3) is 2.45. The van der Waals surface area contributed by atoms with Crippen molar-refractivity contribution in [1.29, 1.82) is 0 Å². The number of nitrogens with zero attached hydrogens (tertiary/aromatic N) is 3. The molecule has 0 saturated heterocycles. The fourth-order valence-corrected chi connectivity index (χ4v) is 2.61. The van der Waals surface area contributed by atoms with Crippen LogP contribution in [0.2, 0.25) is 0 Å². The molecular weight excluding hydrogens is 260 g/mol. The largest absolute Gasteiger partial charge is 0.326 e. The topological polar surface area (TPSA) is 55.0 Å². The number of anilines is 2. The maximum Gasteiger partial charge on any atom is 0.160 e. The molecule has 2 aromatic carbocycles. The van der Waals surface area contributed by atoms with E-state index in [9.17, 15) is 0 Å². The summed E-state index contributed by atoms with van der Waals surface area (Å²) >= 11 is 0. The Bertz CT molecular complexity index is 749. The molecule has 0 amide bonds. The molecule has 2 N–H and O–H groups in total. The first kappa shape index (κ1) is 13.5. The normalized spacial score (nSPS) is 10.8. The van der Waals surface area contributed by atoms with E-state index in [0.717, 1.165) is 23.6 Å². The van der Waals surface area contributed by atoms with E-state index in [-0.39, 0.29) is 0 Å². The lowest BCUT2D eigenvalue weighted by Gasteiger charge is -2.25. The molecule has 106 valence electrons. The highest BCUT2D eigenvalue weighted by molar-refractivity contribution is 5.95. The molecular formula is C17H18N4. The second-order valence-corrected chi connectivity index (χ2v) is 4.83. The van der Waals surface area contributed by atoms with Gasteiger partial charge in [0.05, 0.1) is 11.9 Å². The van der Waals surface area contributed by atoms with Crippen LogP contribution >= 0.6 is 0 Å². The van der Waals surface area contributed by atoms with Gasteiger partial charge in [0, 0.05) is 24.0 Å². The number of fused-ring (bicyclic) bond motifs is 1. The van der Waals surface area contributed by atoms with Crippen molar-refractivity contribution in [1.82, 2.24) is 10.2 Å². The van der Waals surface area contributed by atoms with Gasteiger partial charge in [0.15, 0.2) is 5.82 Å².